The zero-order valence-electron chi connectivity index (χ0n) is 10.6. The Kier molecular flexibility index (Phi) is 4.79. The van der Waals surface area contributed by atoms with E-state index in [2.05, 4.69) is 0 Å². The molecule has 2 atom stereocenters. The summed E-state index contributed by atoms with van der Waals surface area (Å²) in [6.07, 6.45) is -2.26. The van der Waals surface area contributed by atoms with Crippen molar-refractivity contribution >= 4 is 11.8 Å². The van der Waals surface area contributed by atoms with Gasteiger partial charge in [-0.2, -0.15) is 24.9 Å². The molecule has 2 unspecified atom stereocenters. The van der Waals surface area contributed by atoms with Gasteiger partial charge in [-0.3, -0.25) is 0 Å². The molecule has 0 amide bonds. The van der Waals surface area contributed by atoms with Gasteiger partial charge in [0.05, 0.1) is 5.56 Å². The van der Waals surface area contributed by atoms with Crippen molar-refractivity contribution in [3.63, 3.8) is 0 Å². The summed E-state index contributed by atoms with van der Waals surface area (Å²) >= 11 is 1.82. The summed E-state index contributed by atoms with van der Waals surface area (Å²) < 4.78 is 39.2. The van der Waals surface area contributed by atoms with Gasteiger partial charge in [0.1, 0.15) is 0 Å². The van der Waals surface area contributed by atoms with Crippen molar-refractivity contribution in [2.45, 2.75) is 24.9 Å². The van der Waals surface area contributed by atoms with E-state index in [0.29, 0.717) is 5.56 Å². The predicted molar refractivity (Wildman–Crippen MR) is 73.3 cm³/mol. The van der Waals surface area contributed by atoms with Gasteiger partial charge in [-0.1, -0.05) is 18.2 Å². The van der Waals surface area contributed by atoms with Crippen LogP contribution in [-0.4, -0.2) is 18.1 Å². The van der Waals surface area contributed by atoms with Crippen LogP contribution < -0.4 is 5.73 Å². The van der Waals surface area contributed by atoms with Crippen LogP contribution in [0.3, 0.4) is 0 Å². The van der Waals surface area contributed by atoms with Gasteiger partial charge in [-0.05, 0) is 48.4 Å². The van der Waals surface area contributed by atoms with Gasteiger partial charge >= 0.3 is 6.18 Å². The quantitative estimate of drug-likeness (QED) is 0.913. The van der Waals surface area contributed by atoms with E-state index in [1.165, 1.54) is 6.07 Å². The van der Waals surface area contributed by atoms with Crippen molar-refractivity contribution in [1.29, 1.82) is 0 Å². The van der Waals surface area contributed by atoms with Crippen LogP contribution in [0.1, 0.15) is 29.9 Å². The highest BCUT2D eigenvalue weighted by Gasteiger charge is 2.36. The molecule has 19 heavy (non-hydrogen) atoms. The number of thioether (sulfide) groups is 1. The first-order valence-corrected chi connectivity index (χ1v) is 7.63. The lowest BCUT2D eigenvalue weighted by molar-refractivity contribution is -0.138. The van der Waals surface area contributed by atoms with Crippen molar-refractivity contribution in [2.75, 3.05) is 18.1 Å². The standard InChI is InChI=1S/C14H18F3NS/c15-14(16,17)13-6-2-1-5-11(13)12(8-18)10-4-3-7-19-9-10/h1-2,5-6,10,12H,3-4,7-9,18H2. The molecule has 1 nitrogen and oxygen atoms in total. The third-order valence-electron chi connectivity index (χ3n) is 3.68. The Morgan fingerprint density at radius 2 is 2.05 bits per heavy atom. The summed E-state index contributed by atoms with van der Waals surface area (Å²) in [4.78, 5) is 0. The molecule has 0 aliphatic carbocycles. The van der Waals surface area contributed by atoms with Crippen molar-refractivity contribution < 1.29 is 13.2 Å². The minimum absolute atomic E-state index is 0.189. The molecule has 0 saturated carbocycles. The Morgan fingerprint density at radius 1 is 1.32 bits per heavy atom. The minimum atomic E-state index is -4.30. The van der Waals surface area contributed by atoms with Crippen LogP contribution in [0.25, 0.3) is 0 Å². The largest absolute Gasteiger partial charge is 0.416 e. The molecule has 1 aromatic rings. The molecule has 0 aromatic heterocycles. The van der Waals surface area contributed by atoms with E-state index in [1.807, 2.05) is 11.8 Å². The zero-order valence-corrected chi connectivity index (χ0v) is 11.4. The van der Waals surface area contributed by atoms with E-state index in [1.54, 1.807) is 12.1 Å². The molecular formula is C14H18F3NS. The summed E-state index contributed by atoms with van der Waals surface area (Å²) in [5.74, 6) is 2.08. The van der Waals surface area contributed by atoms with Crippen molar-refractivity contribution in [2.24, 2.45) is 11.7 Å². The molecule has 1 aromatic carbocycles. The Balaban J connectivity index is 2.32. The third kappa shape index (κ3) is 3.45. The van der Waals surface area contributed by atoms with Crippen LogP contribution in [0.15, 0.2) is 24.3 Å². The molecule has 1 fully saturated rings. The molecule has 1 saturated heterocycles. The van der Waals surface area contributed by atoms with Crippen LogP contribution in [0.4, 0.5) is 13.2 Å². The number of hydrogen-bond donors (Lipinski definition) is 1. The molecule has 2 rings (SSSR count). The van der Waals surface area contributed by atoms with Crippen LogP contribution in [0, 0.1) is 5.92 Å². The lowest BCUT2D eigenvalue weighted by atomic mass is 9.82. The van der Waals surface area contributed by atoms with Crippen LogP contribution in [0.2, 0.25) is 0 Å². The first-order valence-electron chi connectivity index (χ1n) is 6.48. The molecule has 0 bridgehead atoms. The van der Waals surface area contributed by atoms with Crippen molar-refractivity contribution in [3.05, 3.63) is 35.4 Å². The lowest BCUT2D eigenvalue weighted by Gasteiger charge is -2.31. The summed E-state index contributed by atoms with van der Waals surface area (Å²) in [5.41, 5.74) is 5.61. The van der Waals surface area contributed by atoms with E-state index in [0.717, 1.165) is 30.4 Å². The predicted octanol–water partition coefficient (Wildman–Crippen LogP) is 3.89. The average Bonchev–Trinajstić information content (AvgIpc) is 2.40. The second kappa shape index (κ2) is 6.18. The first kappa shape index (κ1) is 14.7. The Hall–Kier alpha value is -0.680. The molecular weight excluding hydrogens is 271 g/mol. The minimum Gasteiger partial charge on any atom is -0.330 e. The molecule has 2 N–H and O–H groups in total. The Morgan fingerprint density at radius 3 is 2.63 bits per heavy atom. The van der Waals surface area contributed by atoms with Gasteiger partial charge in [0.15, 0.2) is 0 Å². The fraction of sp³-hybridized carbons (Fsp3) is 0.571. The second-order valence-corrected chi connectivity index (χ2v) is 6.05. The lowest BCUT2D eigenvalue weighted by Crippen LogP contribution is -2.27. The average molecular weight is 289 g/mol. The second-order valence-electron chi connectivity index (χ2n) is 4.90. The van der Waals surface area contributed by atoms with Crippen molar-refractivity contribution in [3.8, 4) is 0 Å². The molecule has 5 heteroatoms. The number of hydrogen-bond acceptors (Lipinski definition) is 2. The smallest absolute Gasteiger partial charge is 0.330 e. The molecule has 0 radical (unpaired) electrons. The number of rotatable bonds is 3. The summed E-state index contributed by atoms with van der Waals surface area (Å²) in [6.45, 7) is 0.276. The molecule has 1 aliphatic rings. The zero-order chi connectivity index (χ0) is 13.9. The first-order chi connectivity index (χ1) is 9.04. The molecule has 106 valence electrons. The summed E-state index contributed by atoms with van der Waals surface area (Å²) in [7, 11) is 0. The Bertz CT molecular complexity index is 413. The molecule has 1 heterocycles. The van der Waals surface area contributed by atoms with Gasteiger partial charge in [0, 0.05) is 5.92 Å². The molecule has 0 spiro atoms. The van der Waals surface area contributed by atoms with E-state index >= 15 is 0 Å². The van der Waals surface area contributed by atoms with Gasteiger partial charge in [-0.25, -0.2) is 0 Å². The van der Waals surface area contributed by atoms with E-state index < -0.39 is 11.7 Å². The SMILES string of the molecule is NCC(c1ccccc1C(F)(F)F)C1CCCSC1. The van der Waals surface area contributed by atoms with Crippen LogP contribution >= 0.6 is 11.8 Å². The van der Waals surface area contributed by atoms with E-state index in [4.69, 9.17) is 5.73 Å². The summed E-state index contributed by atoms with van der Waals surface area (Å²) in [6, 6.07) is 5.85. The highest BCUT2D eigenvalue weighted by molar-refractivity contribution is 7.99. The van der Waals surface area contributed by atoms with E-state index in [9.17, 15) is 13.2 Å². The fourth-order valence-electron chi connectivity index (χ4n) is 2.73. The van der Waals surface area contributed by atoms with E-state index in [-0.39, 0.29) is 18.4 Å². The van der Waals surface area contributed by atoms with Gasteiger partial charge in [0.25, 0.3) is 0 Å². The number of alkyl halides is 3. The topological polar surface area (TPSA) is 26.0 Å². The van der Waals surface area contributed by atoms with Crippen LogP contribution in [0.5, 0.6) is 0 Å². The maximum Gasteiger partial charge on any atom is 0.416 e. The van der Waals surface area contributed by atoms with Gasteiger partial charge in [0.2, 0.25) is 0 Å². The highest BCUT2D eigenvalue weighted by atomic mass is 32.2. The van der Waals surface area contributed by atoms with Gasteiger partial charge < -0.3 is 5.73 Å². The highest BCUT2D eigenvalue weighted by Crippen LogP contribution is 2.40. The fourth-order valence-corrected chi connectivity index (χ4v) is 3.97. The van der Waals surface area contributed by atoms with Crippen molar-refractivity contribution in [1.82, 2.24) is 0 Å². The molecule has 1 aliphatic heterocycles. The number of nitrogens with two attached hydrogens (primary N) is 1. The van der Waals surface area contributed by atoms with Crippen LogP contribution in [-0.2, 0) is 6.18 Å². The number of halogens is 3. The maximum atomic E-state index is 13.1. The summed E-state index contributed by atoms with van der Waals surface area (Å²) in [5, 5.41) is 0. The number of benzene rings is 1. The monoisotopic (exact) mass is 289 g/mol. The Labute approximate surface area is 115 Å². The third-order valence-corrected chi connectivity index (χ3v) is 4.93. The van der Waals surface area contributed by atoms with Gasteiger partial charge in [-0.15, -0.1) is 0 Å². The maximum absolute atomic E-state index is 13.1. The normalized spacial score (nSPS) is 22.2.